The molecule has 1 N–H and O–H groups in total. The van der Waals surface area contributed by atoms with Crippen molar-refractivity contribution in [3.8, 4) is 0 Å². The van der Waals surface area contributed by atoms with Crippen molar-refractivity contribution in [2.24, 2.45) is 0 Å². The minimum atomic E-state index is -0.523. The van der Waals surface area contributed by atoms with Crippen LogP contribution in [-0.4, -0.2) is 59.6 Å². The maximum absolute atomic E-state index is 11.5. The summed E-state index contributed by atoms with van der Waals surface area (Å²) < 4.78 is 10.4. The Morgan fingerprint density at radius 3 is 3.00 bits per heavy atom. The van der Waals surface area contributed by atoms with Crippen molar-refractivity contribution in [1.29, 1.82) is 0 Å². The Hall–Kier alpha value is -1.73. The molecule has 1 aliphatic rings. The van der Waals surface area contributed by atoms with Crippen molar-refractivity contribution < 1.29 is 19.4 Å². The van der Waals surface area contributed by atoms with Gasteiger partial charge in [-0.1, -0.05) is 0 Å². The van der Waals surface area contributed by atoms with Crippen LogP contribution >= 0.6 is 0 Å². The van der Waals surface area contributed by atoms with E-state index in [0.717, 1.165) is 0 Å². The number of aliphatic hydroxyl groups excluding tert-OH is 1. The Labute approximate surface area is 117 Å². The molecular formula is C13H19N3O4. The van der Waals surface area contributed by atoms with E-state index in [1.807, 2.05) is 18.7 Å². The average Bonchev–Trinajstić information content (AvgIpc) is 2.44. The number of esters is 1. The van der Waals surface area contributed by atoms with E-state index in [4.69, 9.17) is 4.74 Å². The van der Waals surface area contributed by atoms with Gasteiger partial charge in [0.1, 0.15) is 5.82 Å². The number of ether oxygens (including phenoxy) is 2. The van der Waals surface area contributed by atoms with E-state index in [1.165, 1.54) is 13.3 Å². The molecule has 7 heteroatoms. The number of methoxy groups -OCH3 is 1. The summed E-state index contributed by atoms with van der Waals surface area (Å²) >= 11 is 0. The summed E-state index contributed by atoms with van der Waals surface area (Å²) in [6.07, 6.45) is 2.66. The van der Waals surface area contributed by atoms with E-state index in [9.17, 15) is 9.90 Å². The quantitative estimate of drug-likeness (QED) is 0.794. The third-order valence-corrected chi connectivity index (χ3v) is 3.03. The number of aliphatic hydroxyl groups is 1. The fourth-order valence-corrected chi connectivity index (χ4v) is 2.28. The van der Waals surface area contributed by atoms with Crippen LogP contribution in [0.2, 0.25) is 0 Å². The summed E-state index contributed by atoms with van der Waals surface area (Å²) in [6.45, 7) is 4.92. The van der Waals surface area contributed by atoms with Gasteiger partial charge in [0.15, 0.2) is 5.69 Å². The summed E-state index contributed by atoms with van der Waals surface area (Å²) in [4.78, 5) is 21.7. The molecule has 0 radical (unpaired) electrons. The first-order chi connectivity index (χ1) is 9.45. The minimum Gasteiger partial charge on any atom is -0.464 e. The van der Waals surface area contributed by atoms with Gasteiger partial charge in [-0.15, -0.1) is 0 Å². The highest BCUT2D eigenvalue weighted by Gasteiger charge is 2.34. The van der Waals surface area contributed by atoms with Crippen molar-refractivity contribution in [3.63, 3.8) is 0 Å². The minimum absolute atomic E-state index is 0.0654. The van der Waals surface area contributed by atoms with Crippen LogP contribution in [0.1, 0.15) is 24.3 Å². The molecule has 20 heavy (non-hydrogen) atoms. The number of nitrogens with zero attached hydrogens (tertiary/aromatic N) is 3. The van der Waals surface area contributed by atoms with Gasteiger partial charge in [-0.3, -0.25) is 4.98 Å². The van der Waals surface area contributed by atoms with Crippen LogP contribution < -0.4 is 4.90 Å². The van der Waals surface area contributed by atoms with Gasteiger partial charge in [-0.05, 0) is 13.8 Å². The van der Waals surface area contributed by atoms with Crippen molar-refractivity contribution >= 4 is 11.8 Å². The third kappa shape index (κ3) is 3.23. The monoisotopic (exact) mass is 281 g/mol. The van der Waals surface area contributed by atoms with Gasteiger partial charge in [-0.25, -0.2) is 9.78 Å². The highest BCUT2D eigenvalue weighted by molar-refractivity contribution is 5.87. The number of morpholine rings is 1. The van der Waals surface area contributed by atoms with Crippen LogP contribution in [-0.2, 0) is 9.47 Å². The number of aromatic nitrogens is 2. The molecule has 0 bridgehead atoms. The molecule has 110 valence electrons. The van der Waals surface area contributed by atoms with Crippen molar-refractivity contribution in [2.75, 3.05) is 31.7 Å². The highest BCUT2D eigenvalue weighted by atomic mass is 16.5. The number of hydrogen-bond acceptors (Lipinski definition) is 7. The van der Waals surface area contributed by atoms with E-state index in [0.29, 0.717) is 18.9 Å². The number of carbonyl (C=O) groups excluding carboxylic acids is 1. The van der Waals surface area contributed by atoms with E-state index in [1.54, 1.807) is 6.20 Å². The fraction of sp³-hybridized carbons (Fsp3) is 0.615. The van der Waals surface area contributed by atoms with Gasteiger partial charge in [0.2, 0.25) is 0 Å². The molecule has 1 aromatic heterocycles. The van der Waals surface area contributed by atoms with Gasteiger partial charge in [0, 0.05) is 13.1 Å². The normalized spacial score (nSPS) is 21.6. The molecule has 0 spiro atoms. The molecule has 7 nitrogen and oxygen atoms in total. The van der Waals surface area contributed by atoms with Gasteiger partial charge < -0.3 is 19.5 Å². The molecule has 1 saturated heterocycles. The molecule has 1 aromatic rings. The number of carbonyl (C=O) groups is 1. The molecule has 0 aromatic carbocycles. The topological polar surface area (TPSA) is 84.8 Å². The maximum Gasteiger partial charge on any atom is 0.358 e. The van der Waals surface area contributed by atoms with Gasteiger partial charge in [0.25, 0.3) is 0 Å². The van der Waals surface area contributed by atoms with Gasteiger partial charge >= 0.3 is 5.97 Å². The van der Waals surface area contributed by atoms with Crippen LogP contribution in [0, 0.1) is 0 Å². The Bertz CT molecular complexity index is 492. The zero-order valence-electron chi connectivity index (χ0n) is 11.9. The Morgan fingerprint density at radius 2 is 2.35 bits per heavy atom. The highest BCUT2D eigenvalue weighted by Crippen LogP contribution is 2.24. The first-order valence-electron chi connectivity index (χ1n) is 6.39. The number of anilines is 1. The Kier molecular flexibility index (Phi) is 4.20. The second-order valence-corrected chi connectivity index (χ2v) is 5.32. The molecule has 2 heterocycles. The molecule has 2 rings (SSSR count). The van der Waals surface area contributed by atoms with Crippen molar-refractivity contribution in [3.05, 3.63) is 18.1 Å². The summed E-state index contributed by atoms with van der Waals surface area (Å²) in [6, 6.07) is 0. The standard InChI is InChI=1S/C13H19N3O4/c1-13(2)8-16(6-9(7-17)20-13)11-5-14-4-10(15-11)12(18)19-3/h4-5,9,17H,6-8H2,1-3H3. The lowest BCUT2D eigenvalue weighted by Crippen LogP contribution is -2.54. The number of hydrogen-bond donors (Lipinski definition) is 1. The molecular weight excluding hydrogens is 262 g/mol. The molecule has 1 fully saturated rings. The third-order valence-electron chi connectivity index (χ3n) is 3.03. The maximum atomic E-state index is 11.5. The van der Waals surface area contributed by atoms with E-state index >= 15 is 0 Å². The van der Waals surface area contributed by atoms with E-state index in [-0.39, 0.29) is 18.4 Å². The van der Waals surface area contributed by atoms with Gasteiger partial charge in [-0.2, -0.15) is 0 Å². The van der Waals surface area contributed by atoms with E-state index in [2.05, 4.69) is 14.7 Å². The summed E-state index contributed by atoms with van der Waals surface area (Å²) in [5.74, 6) is 0.0494. The second kappa shape index (κ2) is 5.72. The zero-order chi connectivity index (χ0) is 14.8. The predicted octanol–water partition coefficient (Wildman–Crippen LogP) is 0.239. The average molecular weight is 281 g/mol. The summed E-state index contributed by atoms with van der Waals surface area (Å²) in [7, 11) is 1.30. The van der Waals surface area contributed by atoms with Crippen LogP contribution in [0.5, 0.6) is 0 Å². The molecule has 0 aliphatic carbocycles. The predicted molar refractivity (Wildman–Crippen MR) is 71.6 cm³/mol. The molecule has 1 aliphatic heterocycles. The van der Waals surface area contributed by atoms with Gasteiger partial charge in [0.05, 0.1) is 37.8 Å². The summed E-state index contributed by atoms with van der Waals surface area (Å²) in [5.41, 5.74) is -0.246. The molecule has 1 unspecified atom stereocenters. The molecule has 0 saturated carbocycles. The van der Waals surface area contributed by atoms with Crippen LogP contribution in [0.15, 0.2) is 12.4 Å². The first-order valence-corrected chi connectivity index (χ1v) is 6.39. The summed E-state index contributed by atoms with van der Waals surface area (Å²) in [5, 5.41) is 9.31. The molecule has 1 atom stereocenters. The lowest BCUT2D eigenvalue weighted by molar-refractivity contribution is -0.101. The smallest absolute Gasteiger partial charge is 0.358 e. The lowest BCUT2D eigenvalue weighted by atomic mass is 10.1. The fourth-order valence-electron chi connectivity index (χ4n) is 2.28. The Morgan fingerprint density at radius 1 is 1.60 bits per heavy atom. The van der Waals surface area contributed by atoms with Crippen LogP contribution in [0.4, 0.5) is 5.82 Å². The largest absolute Gasteiger partial charge is 0.464 e. The molecule has 0 amide bonds. The van der Waals surface area contributed by atoms with E-state index < -0.39 is 11.6 Å². The van der Waals surface area contributed by atoms with Crippen molar-refractivity contribution in [1.82, 2.24) is 9.97 Å². The van der Waals surface area contributed by atoms with Crippen LogP contribution in [0.3, 0.4) is 0 Å². The second-order valence-electron chi connectivity index (χ2n) is 5.32. The zero-order valence-corrected chi connectivity index (χ0v) is 11.9. The number of rotatable bonds is 3. The first kappa shape index (κ1) is 14.7. The van der Waals surface area contributed by atoms with Crippen LogP contribution in [0.25, 0.3) is 0 Å². The van der Waals surface area contributed by atoms with Crippen molar-refractivity contribution in [2.45, 2.75) is 25.6 Å². The Balaban J connectivity index is 2.24. The lowest BCUT2D eigenvalue weighted by Gasteiger charge is -2.42. The SMILES string of the molecule is COC(=O)c1cncc(N2CC(CO)OC(C)(C)C2)n1.